The second-order valence-electron chi connectivity index (χ2n) is 4.74. The Labute approximate surface area is 112 Å². The van der Waals surface area contributed by atoms with Gasteiger partial charge in [-0.1, -0.05) is 11.6 Å². The standard InChI is InChI=1S/C13H17ClN2O2/c1-9-8-16(6-5-15(9)2)10-3-4-11(13(17)18)12(14)7-10/h3-4,7,9H,5-6,8H2,1-2H3,(H,17,18)/t9-/m0/s1. The summed E-state index contributed by atoms with van der Waals surface area (Å²) in [7, 11) is 2.11. The van der Waals surface area contributed by atoms with Crippen molar-refractivity contribution in [1.29, 1.82) is 0 Å². The van der Waals surface area contributed by atoms with Gasteiger partial charge >= 0.3 is 5.97 Å². The summed E-state index contributed by atoms with van der Waals surface area (Å²) in [5, 5.41) is 9.24. The fourth-order valence-corrected chi connectivity index (χ4v) is 2.41. The maximum atomic E-state index is 10.9. The molecule has 0 radical (unpaired) electrons. The Morgan fingerprint density at radius 2 is 2.17 bits per heavy atom. The first-order valence-electron chi connectivity index (χ1n) is 5.97. The molecular weight excluding hydrogens is 252 g/mol. The third-order valence-electron chi connectivity index (χ3n) is 3.51. The van der Waals surface area contributed by atoms with E-state index in [1.807, 2.05) is 6.07 Å². The van der Waals surface area contributed by atoms with Crippen molar-refractivity contribution in [2.75, 3.05) is 31.6 Å². The molecule has 18 heavy (non-hydrogen) atoms. The summed E-state index contributed by atoms with van der Waals surface area (Å²) in [5.41, 5.74) is 1.15. The smallest absolute Gasteiger partial charge is 0.337 e. The topological polar surface area (TPSA) is 43.8 Å². The number of hydrogen-bond donors (Lipinski definition) is 1. The molecule has 0 spiro atoms. The number of hydrogen-bond acceptors (Lipinski definition) is 3. The van der Waals surface area contributed by atoms with Crippen LogP contribution in [0.15, 0.2) is 18.2 Å². The van der Waals surface area contributed by atoms with E-state index >= 15 is 0 Å². The van der Waals surface area contributed by atoms with Gasteiger partial charge in [0, 0.05) is 31.4 Å². The minimum atomic E-state index is -0.988. The number of benzene rings is 1. The van der Waals surface area contributed by atoms with Crippen LogP contribution in [0.5, 0.6) is 0 Å². The van der Waals surface area contributed by atoms with Crippen molar-refractivity contribution >= 4 is 23.3 Å². The van der Waals surface area contributed by atoms with Crippen molar-refractivity contribution in [2.45, 2.75) is 13.0 Å². The lowest BCUT2D eigenvalue weighted by molar-refractivity contribution is 0.0697. The molecule has 1 aromatic carbocycles. The first-order chi connectivity index (χ1) is 8.49. The zero-order chi connectivity index (χ0) is 13.3. The third-order valence-corrected chi connectivity index (χ3v) is 3.82. The maximum Gasteiger partial charge on any atom is 0.337 e. The average molecular weight is 269 g/mol. The number of aromatic carboxylic acids is 1. The van der Waals surface area contributed by atoms with E-state index in [-0.39, 0.29) is 5.56 Å². The van der Waals surface area contributed by atoms with Gasteiger partial charge in [-0.2, -0.15) is 0 Å². The minimum Gasteiger partial charge on any atom is -0.478 e. The number of carboxylic acids is 1. The number of rotatable bonds is 2. The zero-order valence-electron chi connectivity index (χ0n) is 10.6. The maximum absolute atomic E-state index is 10.9. The summed E-state index contributed by atoms with van der Waals surface area (Å²) >= 11 is 5.99. The highest BCUT2D eigenvalue weighted by molar-refractivity contribution is 6.33. The molecule has 1 aliphatic heterocycles. The van der Waals surface area contributed by atoms with Crippen molar-refractivity contribution in [3.8, 4) is 0 Å². The molecular formula is C13H17ClN2O2. The molecule has 0 bridgehead atoms. The fraction of sp³-hybridized carbons (Fsp3) is 0.462. The van der Waals surface area contributed by atoms with Gasteiger partial charge in [-0.3, -0.25) is 0 Å². The molecule has 1 N–H and O–H groups in total. The van der Waals surface area contributed by atoms with Crippen LogP contribution in [0.25, 0.3) is 0 Å². The van der Waals surface area contributed by atoms with Gasteiger partial charge < -0.3 is 14.9 Å². The van der Waals surface area contributed by atoms with Crippen molar-refractivity contribution < 1.29 is 9.90 Å². The van der Waals surface area contributed by atoms with Crippen LogP contribution >= 0.6 is 11.6 Å². The van der Waals surface area contributed by atoms with E-state index in [1.54, 1.807) is 12.1 Å². The van der Waals surface area contributed by atoms with Crippen LogP contribution < -0.4 is 4.90 Å². The van der Waals surface area contributed by atoms with Gasteiger partial charge in [0.2, 0.25) is 0 Å². The minimum absolute atomic E-state index is 0.155. The Morgan fingerprint density at radius 3 is 2.72 bits per heavy atom. The molecule has 98 valence electrons. The second kappa shape index (κ2) is 5.16. The first kappa shape index (κ1) is 13.2. The van der Waals surface area contributed by atoms with Crippen LogP contribution in [0.2, 0.25) is 5.02 Å². The number of anilines is 1. The number of carboxylic acid groups (broad SMARTS) is 1. The van der Waals surface area contributed by atoms with E-state index in [0.29, 0.717) is 11.1 Å². The van der Waals surface area contributed by atoms with Gasteiger partial charge in [0.1, 0.15) is 0 Å². The Hall–Kier alpha value is -1.26. The zero-order valence-corrected chi connectivity index (χ0v) is 11.3. The van der Waals surface area contributed by atoms with Gasteiger partial charge in [-0.25, -0.2) is 4.79 Å². The molecule has 0 amide bonds. The summed E-state index contributed by atoms with van der Waals surface area (Å²) in [4.78, 5) is 15.4. The van der Waals surface area contributed by atoms with Gasteiger partial charge in [0.25, 0.3) is 0 Å². The molecule has 0 aromatic heterocycles. The summed E-state index contributed by atoms with van der Waals surface area (Å²) in [6.07, 6.45) is 0. The van der Waals surface area contributed by atoms with Gasteiger partial charge in [-0.05, 0) is 32.2 Å². The van der Waals surface area contributed by atoms with E-state index in [1.165, 1.54) is 0 Å². The summed E-state index contributed by atoms with van der Waals surface area (Å²) < 4.78 is 0. The highest BCUT2D eigenvalue weighted by Crippen LogP contribution is 2.25. The fourth-order valence-electron chi connectivity index (χ4n) is 2.16. The van der Waals surface area contributed by atoms with Crippen molar-refractivity contribution in [3.63, 3.8) is 0 Å². The number of carbonyl (C=O) groups is 1. The summed E-state index contributed by atoms with van der Waals surface area (Å²) in [6.45, 7) is 5.04. The first-order valence-corrected chi connectivity index (χ1v) is 6.35. The lowest BCUT2D eigenvalue weighted by Crippen LogP contribution is -2.50. The van der Waals surface area contributed by atoms with Gasteiger partial charge in [0.05, 0.1) is 10.6 Å². The molecule has 0 aliphatic carbocycles. The number of nitrogens with zero attached hydrogens (tertiary/aromatic N) is 2. The molecule has 5 heteroatoms. The van der Waals surface area contributed by atoms with Crippen molar-refractivity contribution in [2.24, 2.45) is 0 Å². The molecule has 0 saturated carbocycles. The Balaban J connectivity index is 2.19. The van der Waals surface area contributed by atoms with E-state index < -0.39 is 5.97 Å². The highest BCUT2D eigenvalue weighted by atomic mass is 35.5. The van der Waals surface area contributed by atoms with Crippen LogP contribution in [0, 0.1) is 0 Å². The predicted molar refractivity (Wildman–Crippen MR) is 72.7 cm³/mol. The molecule has 2 rings (SSSR count). The SMILES string of the molecule is C[C@H]1CN(c2ccc(C(=O)O)c(Cl)c2)CCN1C. The Kier molecular flexibility index (Phi) is 3.78. The van der Waals surface area contributed by atoms with Crippen LogP contribution in [0.4, 0.5) is 5.69 Å². The number of piperazine rings is 1. The molecule has 1 aliphatic rings. The highest BCUT2D eigenvalue weighted by Gasteiger charge is 2.21. The number of likely N-dealkylation sites (N-methyl/N-ethyl adjacent to an activating group) is 1. The van der Waals surface area contributed by atoms with E-state index in [0.717, 1.165) is 25.3 Å². The van der Waals surface area contributed by atoms with Crippen LogP contribution in [-0.2, 0) is 0 Å². The quantitative estimate of drug-likeness (QED) is 0.893. The molecule has 1 aromatic rings. The van der Waals surface area contributed by atoms with Crippen LogP contribution in [0.3, 0.4) is 0 Å². The Morgan fingerprint density at radius 1 is 1.44 bits per heavy atom. The largest absolute Gasteiger partial charge is 0.478 e. The average Bonchev–Trinajstić information content (AvgIpc) is 2.32. The van der Waals surface area contributed by atoms with E-state index in [4.69, 9.17) is 16.7 Å². The lowest BCUT2D eigenvalue weighted by atomic mass is 10.1. The van der Waals surface area contributed by atoms with Crippen LogP contribution in [-0.4, -0.2) is 48.7 Å². The van der Waals surface area contributed by atoms with Gasteiger partial charge in [0.15, 0.2) is 0 Å². The predicted octanol–water partition coefficient (Wildman–Crippen LogP) is 2.18. The molecule has 1 atom stereocenters. The molecule has 1 fully saturated rings. The molecule has 0 unspecified atom stereocenters. The number of halogens is 1. The lowest BCUT2D eigenvalue weighted by Gasteiger charge is -2.39. The summed E-state index contributed by atoms with van der Waals surface area (Å²) in [5.74, 6) is -0.988. The second-order valence-corrected chi connectivity index (χ2v) is 5.15. The third kappa shape index (κ3) is 2.60. The normalized spacial score (nSPS) is 21.1. The van der Waals surface area contributed by atoms with E-state index in [9.17, 15) is 4.79 Å². The molecule has 4 nitrogen and oxygen atoms in total. The molecule has 1 heterocycles. The van der Waals surface area contributed by atoms with E-state index in [2.05, 4.69) is 23.8 Å². The van der Waals surface area contributed by atoms with Crippen LogP contribution in [0.1, 0.15) is 17.3 Å². The Bertz CT molecular complexity index is 464. The van der Waals surface area contributed by atoms with Crippen molar-refractivity contribution in [1.82, 2.24) is 4.90 Å². The summed E-state index contributed by atoms with van der Waals surface area (Å²) in [6, 6.07) is 5.62. The van der Waals surface area contributed by atoms with Gasteiger partial charge in [-0.15, -0.1) is 0 Å². The molecule has 1 saturated heterocycles. The monoisotopic (exact) mass is 268 g/mol. The van der Waals surface area contributed by atoms with Crippen molar-refractivity contribution in [3.05, 3.63) is 28.8 Å².